The lowest BCUT2D eigenvalue weighted by Gasteiger charge is -2.15. The van der Waals surface area contributed by atoms with Crippen molar-refractivity contribution < 1.29 is 41.0 Å². The summed E-state index contributed by atoms with van der Waals surface area (Å²) in [6.45, 7) is -0.745. The van der Waals surface area contributed by atoms with E-state index in [9.17, 15) is 31.9 Å². The van der Waals surface area contributed by atoms with Gasteiger partial charge in [0.25, 0.3) is 5.91 Å². The van der Waals surface area contributed by atoms with Gasteiger partial charge in [-0.25, -0.2) is 13.8 Å². The standard InChI is InChI=1S/C20H14BrF5N2O4/c1-27-18(30)14-11(22)6-7-12(15(14)23)31-13(8-29)19-28-16(17(21)32-19)9-2-4-10(5-3-9)20(24,25)26/h2-7,13,29H,8H2,1H3,(H,27,30). The molecule has 6 nitrogen and oxygen atoms in total. The van der Waals surface area contributed by atoms with Crippen LogP contribution in [0.4, 0.5) is 22.0 Å². The van der Waals surface area contributed by atoms with E-state index in [1.807, 2.05) is 0 Å². The Morgan fingerprint density at radius 3 is 2.44 bits per heavy atom. The first kappa shape index (κ1) is 23.7. The number of halogens is 6. The van der Waals surface area contributed by atoms with Crippen LogP contribution in [0.2, 0.25) is 0 Å². The third-order valence-corrected chi connectivity index (χ3v) is 4.85. The van der Waals surface area contributed by atoms with Gasteiger partial charge in [0.15, 0.2) is 22.3 Å². The minimum absolute atomic E-state index is 0.0277. The lowest BCUT2D eigenvalue weighted by molar-refractivity contribution is -0.137. The molecule has 1 heterocycles. The number of aliphatic hydroxyl groups is 1. The summed E-state index contributed by atoms with van der Waals surface area (Å²) in [5, 5.41) is 11.8. The number of hydrogen-bond acceptors (Lipinski definition) is 5. The van der Waals surface area contributed by atoms with Crippen LogP contribution in [-0.4, -0.2) is 29.7 Å². The Morgan fingerprint density at radius 2 is 1.88 bits per heavy atom. The summed E-state index contributed by atoms with van der Waals surface area (Å²) in [6, 6.07) is 5.83. The SMILES string of the molecule is CNC(=O)c1c(F)ccc(OC(CO)c2nc(-c3ccc(C(F)(F)F)cc3)c(Br)o2)c1F. The van der Waals surface area contributed by atoms with Crippen molar-refractivity contribution in [2.45, 2.75) is 12.3 Å². The molecule has 0 aliphatic rings. The first-order chi connectivity index (χ1) is 15.1. The third-order valence-electron chi connectivity index (χ3n) is 4.31. The van der Waals surface area contributed by atoms with Gasteiger partial charge in [-0.3, -0.25) is 4.79 Å². The zero-order chi connectivity index (χ0) is 23.6. The van der Waals surface area contributed by atoms with Crippen molar-refractivity contribution >= 4 is 21.8 Å². The van der Waals surface area contributed by atoms with Crippen molar-refractivity contribution in [3.63, 3.8) is 0 Å². The number of nitrogens with zero attached hydrogens (tertiary/aromatic N) is 1. The van der Waals surface area contributed by atoms with E-state index in [-0.39, 0.29) is 21.8 Å². The third kappa shape index (κ3) is 4.75. The van der Waals surface area contributed by atoms with Crippen molar-refractivity contribution in [1.29, 1.82) is 0 Å². The normalized spacial score (nSPS) is 12.5. The van der Waals surface area contributed by atoms with E-state index in [0.29, 0.717) is 0 Å². The van der Waals surface area contributed by atoms with Gasteiger partial charge < -0.3 is 19.6 Å². The van der Waals surface area contributed by atoms with E-state index in [1.54, 1.807) is 0 Å². The summed E-state index contributed by atoms with van der Waals surface area (Å²) in [5.74, 6) is -4.21. The topological polar surface area (TPSA) is 84.6 Å². The van der Waals surface area contributed by atoms with Gasteiger partial charge in [-0.05, 0) is 40.2 Å². The number of hydrogen-bond donors (Lipinski definition) is 2. The smallest absolute Gasteiger partial charge is 0.416 e. The van der Waals surface area contributed by atoms with Gasteiger partial charge in [0.2, 0.25) is 5.89 Å². The van der Waals surface area contributed by atoms with Crippen LogP contribution < -0.4 is 10.1 Å². The lowest BCUT2D eigenvalue weighted by atomic mass is 10.1. The van der Waals surface area contributed by atoms with Gasteiger partial charge in [-0.1, -0.05) is 12.1 Å². The second-order valence-electron chi connectivity index (χ2n) is 6.35. The van der Waals surface area contributed by atoms with Crippen LogP contribution in [0.1, 0.15) is 27.9 Å². The Kier molecular flexibility index (Phi) is 6.84. The zero-order valence-corrected chi connectivity index (χ0v) is 17.7. The zero-order valence-electron chi connectivity index (χ0n) is 16.1. The van der Waals surface area contributed by atoms with E-state index in [1.165, 1.54) is 19.2 Å². The number of carbonyl (C=O) groups excluding carboxylic acids is 1. The second kappa shape index (κ2) is 9.25. The fourth-order valence-electron chi connectivity index (χ4n) is 2.73. The molecule has 1 amide bonds. The lowest BCUT2D eigenvalue weighted by Crippen LogP contribution is -2.22. The Morgan fingerprint density at radius 1 is 1.22 bits per heavy atom. The highest BCUT2D eigenvalue weighted by Crippen LogP contribution is 2.35. The molecule has 2 aromatic carbocycles. The highest BCUT2D eigenvalue weighted by Gasteiger charge is 2.31. The Bertz CT molecular complexity index is 1130. The Hall–Kier alpha value is -2.99. The average Bonchev–Trinajstić information content (AvgIpc) is 3.14. The quantitative estimate of drug-likeness (QED) is 0.453. The van der Waals surface area contributed by atoms with Gasteiger partial charge in [0.05, 0.1) is 12.2 Å². The van der Waals surface area contributed by atoms with Crippen molar-refractivity contribution in [2.75, 3.05) is 13.7 Å². The molecule has 12 heteroatoms. The summed E-state index contributed by atoms with van der Waals surface area (Å²) in [6.07, 6.45) is -5.88. The largest absolute Gasteiger partial charge is 0.475 e. The van der Waals surface area contributed by atoms with E-state index in [2.05, 4.69) is 26.2 Å². The van der Waals surface area contributed by atoms with Gasteiger partial charge in [-0.2, -0.15) is 13.2 Å². The van der Waals surface area contributed by atoms with Gasteiger partial charge in [0.1, 0.15) is 17.1 Å². The van der Waals surface area contributed by atoms with Crippen molar-refractivity contribution in [2.24, 2.45) is 0 Å². The van der Waals surface area contributed by atoms with Crippen LogP contribution in [-0.2, 0) is 6.18 Å². The molecule has 3 aromatic rings. The first-order valence-electron chi connectivity index (χ1n) is 8.88. The minimum atomic E-state index is -4.51. The molecule has 1 unspecified atom stereocenters. The predicted molar refractivity (Wildman–Crippen MR) is 105 cm³/mol. The molecular weight excluding hydrogens is 507 g/mol. The second-order valence-corrected chi connectivity index (χ2v) is 7.07. The highest BCUT2D eigenvalue weighted by atomic mass is 79.9. The van der Waals surface area contributed by atoms with Crippen LogP contribution in [0.25, 0.3) is 11.3 Å². The Labute approximate surface area is 186 Å². The van der Waals surface area contributed by atoms with Crippen molar-refractivity contribution in [3.8, 4) is 17.0 Å². The molecule has 3 rings (SSSR count). The predicted octanol–water partition coefficient (Wildman–Crippen LogP) is 4.87. The number of alkyl halides is 3. The van der Waals surface area contributed by atoms with Gasteiger partial charge in [0, 0.05) is 12.6 Å². The maximum Gasteiger partial charge on any atom is 0.416 e. The maximum absolute atomic E-state index is 14.6. The molecule has 0 saturated carbocycles. The fourth-order valence-corrected chi connectivity index (χ4v) is 3.21. The summed E-state index contributed by atoms with van der Waals surface area (Å²) in [4.78, 5) is 15.8. The van der Waals surface area contributed by atoms with E-state index in [4.69, 9.17) is 9.15 Å². The molecular formula is C20H14BrF5N2O4. The number of aliphatic hydroxyl groups excluding tert-OH is 1. The number of ether oxygens (including phenoxy) is 1. The number of oxazole rings is 1. The molecule has 2 N–H and O–H groups in total. The van der Waals surface area contributed by atoms with Crippen molar-refractivity contribution in [1.82, 2.24) is 10.3 Å². The highest BCUT2D eigenvalue weighted by molar-refractivity contribution is 9.10. The number of amides is 1. The monoisotopic (exact) mass is 520 g/mol. The first-order valence-corrected chi connectivity index (χ1v) is 9.67. The molecule has 0 bridgehead atoms. The molecule has 0 fully saturated rings. The summed E-state index contributed by atoms with van der Waals surface area (Å²) < 4.78 is 77.5. The number of benzene rings is 2. The van der Waals surface area contributed by atoms with Crippen LogP contribution >= 0.6 is 15.9 Å². The molecule has 0 aliphatic carbocycles. The molecule has 0 spiro atoms. The van der Waals surface area contributed by atoms with E-state index >= 15 is 0 Å². The number of rotatable bonds is 6. The minimum Gasteiger partial charge on any atom is -0.475 e. The molecule has 0 saturated heterocycles. The van der Waals surface area contributed by atoms with Gasteiger partial charge >= 0.3 is 6.18 Å². The van der Waals surface area contributed by atoms with E-state index in [0.717, 1.165) is 24.3 Å². The average molecular weight is 521 g/mol. The fraction of sp³-hybridized carbons (Fsp3) is 0.200. The summed E-state index contributed by atoms with van der Waals surface area (Å²) >= 11 is 3.09. The van der Waals surface area contributed by atoms with Crippen LogP contribution in [0, 0.1) is 11.6 Å². The number of carbonyl (C=O) groups is 1. The molecule has 1 aromatic heterocycles. The van der Waals surface area contributed by atoms with Crippen LogP contribution in [0.3, 0.4) is 0 Å². The van der Waals surface area contributed by atoms with Crippen LogP contribution in [0.5, 0.6) is 5.75 Å². The summed E-state index contributed by atoms with van der Waals surface area (Å²) in [7, 11) is 1.19. The summed E-state index contributed by atoms with van der Waals surface area (Å²) in [5.41, 5.74) is -1.34. The molecule has 32 heavy (non-hydrogen) atoms. The van der Waals surface area contributed by atoms with Gasteiger partial charge in [-0.15, -0.1) is 0 Å². The molecule has 1 atom stereocenters. The maximum atomic E-state index is 14.6. The molecule has 0 radical (unpaired) electrons. The molecule has 0 aliphatic heterocycles. The van der Waals surface area contributed by atoms with Crippen LogP contribution in [0.15, 0.2) is 45.5 Å². The van der Waals surface area contributed by atoms with E-state index < -0.39 is 53.3 Å². The van der Waals surface area contributed by atoms with Crippen molar-refractivity contribution in [3.05, 3.63) is 69.7 Å². The number of nitrogens with one attached hydrogen (secondary N) is 1. The molecule has 170 valence electrons. The number of aromatic nitrogens is 1. The Balaban J connectivity index is 1.91.